The van der Waals surface area contributed by atoms with Gasteiger partial charge in [-0.15, -0.1) is 0 Å². The molecule has 0 amide bonds. The predicted octanol–water partition coefficient (Wildman–Crippen LogP) is 1.89. The molecule has 0 aliphatic heterocycles. The Labute approximate surface area is 110 Å². The number of nitrogens with zero attached hydrogens (tertiary/aromatic N) is 1. The third kappa shape index (κ3) is 4.19. The number of halogens is 3. The first-order chi connectivity index (χ1) is 8.54. The van der Waals surface area contributed by atoms with E-state index in [1.54, 1.807) is 13.0 Å². The van der Waals surface area contributed by atoms with Gasteiger partial charge in [0.2, 0.25) is 10.0 Å². The van der Waals surface area contributed by atoms with Crippen molar-refractivity contribution in [1.82, 2.24) is 4.31 Å². The summed E-state index contributed by atoms with van der Waals surface area (Å²) in [4.78, 5) is -0.200. The van der Waals surface area contributed by atoms with Gasteiger partial charge < -0.3 is 5.73 Å². The fourth-order valence-electron chi connectivity index (χ4n) is 1.48. The van der Waals surface area contributed by atoms with Crippen LogP contribution < -0.4 is 5.73 Å². The van der Waals surface area contributed by atoms with E-state index in [2.05, 4.69) is 0 Å². The highest BCUT2D eigenvalue weighted by molar-refractivity contribution is 7.89. The summed E-state index contributed by atoms with van der Waals surface area (Å²) >= 11 is 0. The summed E-state index contributed by atoms with van der Waals surface area (Å²) in [6.07, 6.45) is -4.58. The summed E-state index contributed by atoms with van der Waals surface area (Å²) in [5.41, 5.74) is 6.16. The van der Waals surface area contributed by atoms with E-state index >= 15 is 0 Å². The first-order valence-electron chi connectivity index (χ1n) is 5.42. The van der Waals surface area contributed by atoms with E-state index in [-0.39, 0.29) is 9.20 Å². The van der Waals surface area contributed by atoms with E-state index < -0.39 is 28.8 Å². The lowest BCUT2D eigenvalue weighted by atomic mass is 10.1. The molecule has 1 rings (SSSR count). The lowest BCUT2D eigenvalue weighted by molar-refractivity contribution is -0.134. The van der Waals surface area contributed by atoms with Crippen LogP contribution in [-0.4, -0.2) is 32.5 Å². The molecule has 0 saturated heterocycles. The van der Waals surface area contributed by atoms with Crippen LogP contribution in [0.1, 0.15) is 18.5 Å². The Balaban J connectivity index is 3.10. The van der Waals surface area contributed by atoms with Crippen molar-refractivity contribution in [2.24, 2.45) is 5.73 Å². The number of hydrogen-bond acceptors (Lipinski definition) is 3. The van der Waals surface area contributed by atoms with Crippen molar-refractivity contribution in [2.75, 3.05) is 13.6 Å². The van der Waals surface area contributed by atoms with Crippen molar-refractivity contribution >= 4 is 10.0 Å². The van der Waals surface area contributed by atoms with Gasteiger partial charge in [0.1, 0.15) is 6.54 Å². The fourth-order valence-corrected chi connectivity index (χ4v) is 2.69. The fraction of sp³-hybridized carbons (Fsp3) is 0.455. The van der Waals surface area contributed by atoms with E-state index in [4.69, 9.17) is 5.73 Å². The van der Waals surface area contributed by atoms with Crippen LogP contribution in [0, 0.1) is 0 Å². The Morgan fingerprint density at radius 3 is 2.42 bits per heavy atom. The summed E-state index contributed by atoms with van der Waals surface area (Å²) in [5, 5.41) is 0. The van der Waals surface area contributed by atoms with Crippen LogP contribution in [0.25, 0.3) is 0 Å². The highest BCUT2D eigenvalue weighted by atomic mass is 32.2. The molecule has 0 aromatic heterocycles. The molecule has 0 heterocycles. The Morgan fingerprint density at radius 1 is 1.37 bits per heavy atom. The van der Waals surface area contributed by atoms with Crippen LogP contribution in [0.2, 0.25) is 0 Å². The Kier molecular flexibility index (Phi) is 4.59. The smallest absolute Gasteiger partial charge is 0.324 e. The molecule has 1 aromatic rings. The quantitative estimate of drug-likeness (QED) is 0.923. The molecule has 0 fully saturated rings. The molecule has 4 nitrogen and oxygen atoms in total. The number of benzene rings is 1. The van der Waals surface area contributed by atoms with Crippen molar-refractivity contribution in [3.05, 3.63) is 29.8 Å². The van der Waals surface area contributed by atoms with Crippen molar-refractivity contribution in [1.29, 1.82) is 0 Å². The summed E-state index contributed by atoms with van der Waals surface area (Å²) in [7, 11) is -3.28. The van der Waals surface area contributed by atoms with Gasteiger partial charge in [-0.3, -0.25) is 0 Å². The molecule has 0 radical (unpaired) electrons. The molecule has 0 saturated carbocycles. The SMILES string of the molecule is CC(N)c1cccc(S(=O)(=O)N(C)CC(F)(F)F)c1. The maximum Gasteiger partial charge on any atom is 0.402 e. The van der Waals surface area contributed by atoms with Crippen LogP contribution in [0.15, 0.2) is 29.2 Å². The molecule has 1 aromatic carbocycles. The Hall–Kier alpha value is -1.12. The van der Waals surface area contributed by atoms with E-state index in [0.29, 0.717) is 5.56 Å². The van der Waals surface area contributed by atoms with Crippen molar-refractivity contribution < 1.29 is 21.6 Å². The Morgan fingerprint density at radius 2 is 1.95 bits per heavy atom. The van der Waals surface area contributed by atoms with Gasteiger partial charge in [-0.2, -0.15) is 17.5 Å². The second-order valence-corrected chi connectivity index (χ2v) is 6.28. The average molecular weight is 296 g/mol. The number of sulfonamides is 1. The van der Waals surface area contributed by atoms with Gasteiger partial charge in [0, 0.05) is 13.1 Å². The highest BCUT2D eigenvalue weighted by Crippen LogP contribution is 2.22. The lowest BCUT2D eigenvalue weighted by Crippen LogP contribution is -2.35. The molecular weight excluding hydrogens is 281 g/mol. The third-order valence-electron chi connectivity index (χ3n) is 2.49. The van der Waals surface area contributed by atoms with Gasteiger partial charge in [0.15, 0.2) is 0 Å². The van der Waals surface area contributed by atoms with E-state index in [0.717, 1.165) is 7.05 Å². The zero-order valence-corrected chi connectivity index (χ0v) is 11.3. The number of rotatable bonds is 4. The second-order valence-electron chi connectivity index (χ2n) is 4.24. The molecular formula is C11H15F3N2O2S. The largest absolute Gasteiger partial charge is 0.402 e. The maximum atomic E-state index is 12.2. The first kappa shape index (κ1) is 15.9. The van der Waals surface area contributed by atoms with E-state index in [9.17, 15) is 21.6 Å². The summed E-state index contributed by atoms with van der Waals surface area (Å²) < 4.78 is 60.9. The highest BCUT2D eigenvalue weighted by Gasteiger charge is 2.34. The average Bonchev–Trinajstić information content (AvgIpc) is 2.26. The van der Waals surface area contributed by atoms with Crippen molar-refractivity contribution in [3.63, 3.8) is 0 Å². The van der Waals surface area contributed by atoms with Gasteiger partial charge >= 0.3 is 6.18 Å². The van der Waals surface area contributed by atoms with E-state index in [1.807, 2.05) is 0 Å². The molecule has 108 valence electrons. The first-order valence-corrected chi connectivity index (χ1v) is 6.86. The summed E-state index contributed by atoms with van der Waals surface area (Å²) in [6, 6.07) is 5.20. The van der Waals surface area contributed by atoms with Gasteiger partial charge in [-0.05, 0) is 24.6 Å². The van der Waals surface area contributed by atoms with Crippen LogP contribution >= 0.6 is 0 Å². The molecule has 0 aliphatic carbocycles. The summed E-state index contributed by atoms with van der Waals surface area (Å²) in [5.74, 6) is 0. The number of hydrogen-bond donors (Lipinski definition) is 1. The van der Waals surface area contributed by atoms with Crippen LogP contribution in [-0.2, 0) is 10.0 Å². The van der Waals surface area contributed by atoms with Gasteiger partial charge in [0.05, 0.1) is 4.90 Å². The monoisotopic (exact) mass is 296 g/mol. The minimum absolute atomic E-state index is 0.200. The molecule has 2 N–H and O–H groups in total. The van der Waals surface area contributed by atoms with Gasteiger partial charge in [-0.1, -0.05) is 12.1 Å². The topological polar surface area (TPSA) is 63.4 Å². The predicted molar refractivity (Wildman–Crippen MR) is 64.9 cm³/mol. The minimum atomic E-state index is -4.58. The zero-order valence-electron chi connectivity index (χ0n) is 10.5. The maximum absolute atomic E-state index is 12.2. The summed E-state index contributed by atoms with van der Waals surface area (Å²) in [6.45, 7) is 0.128. The number of nitrogens with two attached hydrogens (primary N) is 1. The van der Waals surface area contributed by atoms with E-state index in [1.165, 1.54) is 18.2 Å². The second kappa shape index (κ2) is 5.48. The standard InChI is InChI=1S/C11H15F3N2O2S/c1-8(15)9-4-3-5-10(6-9)19(17,18)16(2)7-11(12,13)14/h3-6,8H,7,15H2,1-2H3. The molecule has 0 bridgehead atoms. The molecule has 0 aliphatic rings. The lowest BCUT2D eigenvalue weighted by Gasteiger charge is -2.19. The number of alkyl halides is 3. The minimum Gasteiger partial charge on any atom is -0.324 e. The van der Waals surface area contributed by atoms with Crippen LogP contribution in [0.3, 0.4) is 0 Å². The molecule has 19 heavy (non-hydrogen) atoms. The van der Waals surface area contributed by atoms with Gasteiger partial charge in [0.25, 0.3) is 0 Å². The Bertz CT molecular complexity index is 541. The van der Waals surface area contributed by atoms with Crippen LogP contribution in [0.5, 0.6) is 0 Å². The van der Waals surface area contributed by atoms with Crippen molar-refractivity contribution in [2.45, 2.75) is 24.0 Å². The molecule has 1 atom stereocenters. The zero-order chi connectivity index (χ0) is 14.8. The molecule has 0 spiro atoms. The normalized spacial score (nSPS) is 14.7. The molecule has 8 heteroatoms. The third-order valence-corrected chi connectivity index (χ3v) is 4.29. The van der Waals surface area contributed by atoms with Crippen molar-refractivity contribution in [3.8, 4) is 0 Å². The van der Waals surface area contributed by atoms with Crippen LogP contribution in [0.4, 0.5) is 13.2 Å². The van der Waals surface area contributed by atoms with Gasteiger partial charge in [-0.25, -0.2) is 8.42 Å². The molecule has 1 unspecified atom stereocenters.